The van der Waals surface area contributed by atoms with Crippen LogP contribution in [-0.2, 0) is 10.0 Å². The third kappa shape index (κ3) is 4.75. The summed E-state index contributed by atoms with van der Waals surface area (Å²) in [5.74, 6) is 0.0198. The third-order valence-electron chi connectivity index (χ3n) is 4.37. The van der Waals surface area contributed by atoms with E-state index in [1.54, 1.807) is 49.4 Å². The Bertz CT molecular complexity index is 1160. The molecule has 0 aliphatic heterocycles. The van der Waals surface area contributed by atoms with Gasteiger partial charge in [-0.3, -0.25) is 9.52 Å². The lowest BCUT2D eigenvalue weighted by Gasteiger charge is -2.14. The van der Waals surface area contributed by atoms with Crippen LogP contribution in [0.2, 0.25) is 0 Å². The van der Waals surface area contributed by atoms with Gasteiger partial charge in [0, 0.05) is 11.3 Å². The van der Waals surface area contributed by atoms with Crippen molar-refractivity contribution in [2.75, 3.05) is 17.1 Å². The van der Waals surface area contributed by atoms with Gasteiger partial charge in [0.2, 0.25) is 0 Å². The standard InChI is InChI=1S/C22H22N2O4S/c1-15-7-6-8-18(13-15)23-22(25)17-12-11-16(2)21(14-17)29(26,27)24-19-9-4-5-10-20(19)28-3/h4-14,24H,1-3H3,(H,23,25). The van der Waals surface area contributed by atoms with Crippen molar-refractivity contribution in [3.8, 4) is 5.75 Å². The zero-order chi connectivity index (χ0) is 21.0. The van der Waals surface area contributed by atoms with Gasteiger partial charge in [0.15, 0.2) is 0 Å². The fourth-order valence-corrected chi connectivity index (χ4v) is 4.23. The molecule has 0 spiro atoms. The van der Waals surface area contributed by atoms with Crippen LogP contribution in [0.25, 0.3) is 0 Å². The number of aryl methyl sites for hydroxylation is 2. The van der Waals surface area contributed by atoms with Crippen molar-refractivity contribution in [1.29, 1.82) is 0 Å². The first-order valence-electron chi connectivity index (χ1n) is 8.94. The molecule has 0 bridgehead atoms. The second-order valence-corrected chi connectivity index (χ2v) is 8.26. The molecule has 0 heterocycles. The molecular weight excluding hydrogens is 388 g/mol. The van der Waals surface area contributed by atoms with Crippen molar-refractivity contribution < 1.29 is 17.9 Å². The molecule has 2 N–H and O–H groups in total. The molecule has 0 atom stereocenters. The van der Waals surface area contributed by atoms with Gasteiger partial charge in [-0.15, -0.1) is 0 Å². The lowest BCUT2D eigenvalue weighted by Crippen LogP contribution is -2.17. The zero-order valence-corrected chi connectivity index (χ0v) is 17.2. The maximum Gasteiger partial charge on any atom is 0.262 e. The summed E-state index contributed by atoms with van der Waals surface area (Å²) in [6.07, 6.45) is 0. The van der Waals surface area contributed by atoms with Crippen molar-refractivity contribution in [1.82, 2.24) is 0 Å². The highest BCUT2D eigenvalue weighted by atomic mass is 32.2. The molecule has 0 radical (unpaired) electrons. The molecule has 0 aliphatic carbocycles. The summed E-state index contributed by atoms with van der Waals surface area (Å²) in [5, 5.41) is 2.79. The highest BCUT2D eigenvalue weighted by Gasteiger charge is 2.21. The number of methoxy groups -OCH3 is 1. The van der Waals surface area contributed by atoms with E-state index in [9.17, 15) is 13.2 Å². The Hall–Kier alpha value is -3.32. The molecule has 0 saturated heterocycles. The first kappa shape index (κ1) is 20.4. The summed E-state index contributed by atoms with van der Waals surface area (Å²) in [5.41, 5.74) is 2.75. The number of hydrogen-bond donors (Lipinski definition) is 2. The Morgan fingerprint density at radius 1 is 0.931 bits per heavy atom. The number of hydrogen-bond acceptors (Lipinski definition) is 4. The van der Waals surface area contributed by atoms with Gasteiger partial charge in [0.1, 0.15) is 5.75 Å². The van der Waals surface area contributed by atoms with Crippen LogP contribution < -0.4 is 14.8 Å². The van der Waals surface area contributed by atoms with E-state index < -0.39 is 10.0 Å². The van der Waals surface area contributed by atoms with Gasteiger partial charge < -0.3 is 10.1 Å². The molecule has 3 rings (SSSR count). The summed E-state index contributed by atoms with van der Waals surface area (Å²) in [7, 11) is -2.46. The maximum atomic E-state index is 13.0. The minimum atomic E-state index is -3.92. The molecule has 3 aromatic rings. The number of ether oxygens (including phenoxy) is 1. The molecular formula is C22H22N2O4S. The van der Waals surface area contributed by atoms with E-state index in [0.29, 0.717) is 22.7 Å². The molecule has 6 nitrogen and oxygen atoms in total. The zero-order valence-electron chi connectivity index (χ0n) is 16.4. The first-order valence-corrected chi connectivity index (χ1v) is 10.4. The van der Waals surface area contributed by atoms with Gasteiger partial charge in [-0.2, -0.15) is 0 Å². The Kier molecular flexibility index (Phi) is 5.89. The van der Waals surface area contributed by atoms with Crippen molar-refractivity contribution in [2.45, 2.75) is 18.7 Å². The molecule has 3 aromatic carbocycles. The highest BCUT2D eigenvalue weighted by Crippen LogP contribution is 2.27. The number of amides is 1. The van der Waals surface area contributed by atoms with Crippen molar-refractivity contribution in [2.24, 2.45) is 0 Å². The van der Waals surface area contributed by atoms with Crippen LogP contribution in [0.1, 0.15) is 21.5 Å². The van der Waals surface area contributed by atoms with Crippen molar-refractivity contribution in [3.05, 3.63) is 83.4 Å². The maximum absolute atomic E-state index is 13.0. The average Bonchev–Trinajstić information content (AvgIpc) is 2.68. The molecule has 1 amide bonds. The average molecular weight is 410 g/mol. The fraction of sp³-hybridized carbons (Fsp3) is 0.136. The van der Waals surface area contributed by atoms with E-state index in [0.717, 1.165) is 5.56 Å². The number of carbonyl (C=O) groups excluding carboxylic acids is 1. The molecule has 150 valence electrons. The van der Waals surface area contributed by atoms with E-state index >= 15 is 0 Å². The fourth-order valence-electron chi connectivity index (χ4n) is 2.89. The van der Waals surface area contributed by atoms with Crippen LogP contribution in [-0.4, -0.2) is 21.4 Å². The van der Waals surface area contributed by atoms with E-state index in [1.807, 2.05) is 25.1 Å². The Morgan fingerprint density at radius 3 is 2.41 bits per heavy atom. The van der Waals surface area contributed by atoms with Gasteiger partial charge in [-0.05, 0) is 61.4 Å². The van der Waals surface area contributed by atoms with Crippen LogP contribution in [0.15, 0.2) is 71.6 Å². The smallest absolute Gasteiger partial charge is 0.262 e. The predicted molar refractivity (Wildman–Crippen MR) is 114 cm³/mol. The second-order valence-electron chi connectivity index (χ2n) is 6.61. The third-order valence-corrected chi connectivity index (χ3v) is 5.87. The van der Waals surface area contributed by atoms with Gasteiger partial charge in [0.25, 0.3) is 15.9 Å². The number of nitrogens with one attached hydrogen (secondary N) is 2. The number of carbonyl (C=O) groups is 1. The van der Waals surface area contributed by atoms with Gasteiger partial charge in [-0.25, -0.2) is 8.42 Å². The van der Waals surface area contributed by atoms with Crippen LogP contribution in [0, 0.1) is 13.8 Å². The number of rotatable bonds is 6. The van der Waals surface area contributed by atoms with Crippen LogP contribution in [0.4, 0.5) is 11.4 Å². The van der Waals surface area contributed by atoms with Gasteiger partial charge >= 0.3 is 0 Å². The summed E-state index contributed by atoms with van der Waals surface area (Å²) in [4.78, 5) is 12.7. The van der Waals surface area contributed by atoms with E-state index in [1.165, 1.54) is 13.2 Å². The Labute approximate surface area is 170 Å². The normalized spacial score (nSPS) is 11.0. The lowest BCUT2D eigenvalue weighted by molar-refractivity contribution is 0.102. The SMILES string of the molecule is COc1ccccc1NS(=O)(=O)c1cc(C(=O)Nc2cccc(C)c2)ccc1C. The highest BCUT2D eigenvalue weighted by molar-refractivity contribution is 7.92. The molecule has 7 heteroatoms. The predicted octanol–water partition coefficient (Wildman–Crippen LogP) is 4.37. The number of sulfonamides is 1. The monoisotopic (exact) mass is 410 g/mol. The largest absolute Gasteiger partial charge is 0.495 e. The quantitative estimate of drug-likeness (QED) is 0.632. The van der Waals surface area contributed by atoms with Crippen LogP contribution in [0.3, 0.4) is 0 Å². The van der Waals surface area contributed by atoms with E-state index in [-0.39, 0.29) is 16.4 Å². The van der Waals surface area contributed by atoms with Gasteiger partial charge in [-0.1, -0.05) is 30.3 Å². The van der Waals surface area contributed by atoms with Gasteiger partial charge in [0.05, 0.1) is 17.7 Å². The number of para-hydroxylation sites is 2. The lowest BCUT2D eigenvalue weighted by atomic mass is 10.1. The van der Waals surface area contributed by atoms with Crippen molar-refractivity contribution >= 4 is 27.3 Å². The minimum absolute atomic E-state index is 0.0281. The Morgan fingerprint density at radius 2 is 1.69 bits per heavy atom. The summed E-state index contributed by atoms with van der Waals surface area (Å²) in [6, 6.07) is 18.7. The molecule has 29 heavy (non-hydrogen) atoms. The molecule has 0 unspecified atom stereocenters. The van der Waals surface area contributed by atoms with E-state index in [4.69, 9.17) is 4.74 Å². The van der Waals surface area contributed by atoms with E-state index in [2.05, 4.69) is 10.0 Å². The molecule has 0 saturated carbocycles. The molecule has 0 aromatic heterocycles. The second kappa shape index (κ2) is 8.36. The molecule has 0 fully saturated rings. The van der Waals surface area contributed by atoms with Crippen molar-refractivity contribution in [3.63, 3.8) is 0 Å². The summed E-state index contributed by atoms with van der Waals surface area (Å²) in [6.45, 7) is 3.61. The molecule has 0 aliphatic rings. The summed E-state index contributed by atoms with van der Waals surface area (Å²) >= 11 is 0. The number of benzene rings is 3. The number of anilines is 2. The minimum Gasteiger partial charge on any atom is -0.495 e. The van der Waals surface area contributed by atoms with Crippen LogP contribution >= 0.6 is 0 Å². The summed E-state index contributed by atoms with van der Waals surface area (Å²) < 4.78 is 33.7. The Balaban J connectivity index is 1.90. The topological polar surface area (TPSA) is 84.5 Å². The van der Waals surface area contributed by atoms with Crippen LogP contribution in [0.5, 0.6) is 5.75 Å². The first-order chi connectivity index (χ1) is 13.8.